The molecular weight excluding hydrogens is 402 g/mol. The number of urea groups is 1. The number of hydrogen-bond acceptors (Lipinski definition) is 3. The third kappa shape index (κ3) is 3.29. The van der Waals surface area contributed by atoms with E-state index in [1.54, 1.807) is 18.9 Å². The molecule has 1 N–H and O–H groups in total. The molecule has 2 aliphatic carbocycles. The first-order valence-electron chi connectivity index (χ1n) is 11.5. The predicted octanol–water partition coefficient (Wildman–Crippen LogP) is 3.48. The van der Waals surface area contributed by atoms with Crippen molar-refractivity contribution >= 4 is 17.8 Å². The van der Waals surface area contributed by atoms with Crippen molar-refractivity contribution in [1.29, 1.82) is 0 Å². The van der Waals surface area contributed by atoms with E-state index >= 15 is 0 Å². The molecule has 6 heteroatoms. The van der Waals surface area contributed by atoms with Crippen LogP contribution in [0.1, 0.15) is 60.0 Å². The van der Waals surface area contributed by atoms with E-state index in [1.807, 2.05) is 24.3 Å². The molecule has 2 atom stereocenters. The van der Waals surface area contributed by atoms with Crippen LogP contribution in [-0.4, -0.2) is 41.2 Å². The topological polar surface area (TPSA) is 69.7 Å². The molecular formula is C26H29N3O3. The normalized spacial score (nSPS) is 24.2. The number of hydrogen-bond donors (Lipinski definition) is 1. The molecule has 1 heterocycles. The number of imide groups is 1. The molecule has 6 nitrogen and oxygen atoms in total. The lowest BCUT2D eigenvalue weighted by Gasteiger charge is -2.34. The van der Waals surface area contributed by atoms with E-state index in [1.165, 1.54) is 16.7 Å². The molecule has 0 radical (unpaired) electrons. The minimum Gasteiger partial charge on any atom is -0.337 e. The van der Waals surface area contributed by atoms with Gasteiger partial charge in [0.25, 0.3) is 5.91 Å². The van der Waals surface area contributed by atoms with Crippen molar-refractivity contribution in [3.63, 3.8) is 0 Å². The standard InChI is InChI=1S/C26H29N3O3/c1-26(20-14-13-17-8-5-10-19(17)15-20)24(31)29(25(32)27-26)16-23(30)28(2)22-12-6-9-18-7-3-4-11-21(18)22/h3-4,7,11,13-15,22H,5-6,8-10,12,16H2,1-2H3,(H,27,32)/t22-,26+/m1/s1. The summed E-state index contributed by atoms with van der Waals surface area (Å²) in [6.45, 7) is 1.48. The first-order chi connectivity index (χ1) is 15.4. The Labute approximate surface area is 188 Å². The van der Waals surface area contributed by atoms with Gasteiger partial charge in [0.05, 0.1) is 6.04 Å². The second-order valence-corrected chi connectivity index (χ2v) is 9.39. The van der Waals surface area contributed by atoms with Gasteiger partial charge in [-0.05, 0) is 73.3 Å². The van der Waals surface area contributed by atoms with Gasteiger partial charge in [0.15, 0.2) is 0 Å². The zero-order valence-corrected chi connectivity index (χ0v) is 18.7. The number of benzene rings is 2. The van der Waals surface area contributed by atoms with Gasteiger partial charge < -0.3 is 10.2 Å². The first-order valence-corrected chi connectivity index (χ1v) is 11.5. The van der Waals surface area contributed by atoms with Crippen molar-refractivity contribution in [2.45, 2.75) is 57.0 Å². The minimum atomic E-state index is -1.15. The van der Waals surface area contributed by atoms with Gasteiger partial charge in [0.2, 0.25) is 5.91 Å². The molecule has 3 aliphatic rings. The summed E-state index contributed by atoms with van der Waals surface area (Å²) in [6.07, 6.45) is 6.08. The molecule has 0 bridgehead atoms. The fraction of sp³-hybridized carbons (Fsp3) is 0.423. The van der Waals surface area contributed by atoms with Crippen LogP contribution in [0.4, 0.5) is 4.79 Å². The summed E-state index contributed by atoms with van der Waals surface area (Å²) in [4.78, 5) is 42.0. The molecule has 1 fully saturated rings. The van der Waals surface area contributed by atoms with E-state index in [0.717, 1.165) is 54.6 Å². The highest BCUT2D eigenvalue weighted by Crippen LogP contribution is 2.35. The molecule has 2 aromatic rings. The molecule has 1 aliphatic heterocycles. The van der Waals surface area contributed by atoms with Crippen molar-refractivity contribution in [3.05, 3.63) is 70.3 Å². The number of amides is 4. The van der Waals surface area contributed by atoms with E-state index < -0.39 is 11.6 Å². The SMILES string of the molecule is CN(C(=O)CN1C(=O)N[C@@](C)(c2ccc3c(c2)CCC3)C1=O)[C@@H]1CCCc2ccccc21. The van der Waals surface area contributed by atoms with Crippen LogP contribution in [0.2, 0.25) is 0 Å². The Morgan fingerprint density at radius 2 is 1.81 bits per heavy atom. The highest BCUT2D eigenvalue weighted by molar-refractivity contribution is 6.09. The van der Waals surface area contributed by atoms with Crippen LogP contribution < -0.4 is 5.32 Å². The Morgan fingerprint density at radius 3 is 2.66 bits per heavy atom. The summed E-state index contributed by atoms with van der Waals surface area (Å²) in [5.74, 6) is -0.598. The van der Waals surface area contributed by atoms with E-state index in [-0.39, 0.29) is 24.4 Å². The van der Waals surface area contributed by atoms with Crippen molar-refractivity contribution < 1.29 is 14.4 Å². The summed E-state index contributed by atoms with van der Waals surface area (Å²) < 4.78 is 0. The van der Waals surface area contributed by atoms with Crippen LogP contribution in [-0.2, 0) is 34.4 Å². The van der Waals surface area contributed by atoms with Crippen molar-refractivity contribution in [2.24, 2.45) is 0 Å². The van der Waals surface area contributed by atoms with E-state index in [2.05, 4.69) is 23.5 Å². The number of nitrogens with zero attached hydrogens (tertiary/aromatic N) is 2. The van der Waals surface area contributed by atoms with E-state index in [0.29, 0.717) is 0 Å². The average Bonchev–Trinajstić information content (AvgIpc) is 3.36. The molecule has 0 spiro atoms. The second-order valence-electron chi connectivity index (χ2n) is 9.39. The van der Waals surface area contributed by atoms with Crippen LogP contribution in [0.25, 0.3) is 0 Å². The summed E-state index contributed by atoms with van der Waals surface area (Å²) in [6, 6.07) is 13.7. The molecule has 32 heavy (non-hydrogen) atoms. The van der Waals surface area contributed by atoms with Crippen LogP contribution in [0.5, 0.6) is 0 Å². The number of nitrogens with one attached hydrogen (secondary N) is 1. The smallest absolute Gasteiger partial charge is 0.325 e. The lowest BCUT2D eigenvalue weighted by Crippen LogP contribution is -2.44. The van der Waals surface area contributed by atoms with Gasteiger partial charge in [-0.2, -0.15) is 0 Å². The summed E-state index contributed by atoms with van der Waals surface area (Å²) in [7, 11) is 1.77. The average molecular weight is 432 g/mol. The summed E-state index contributed by atoms with van der Waals surface area (Å²) in [5.41, 5.74) is 4.62. The van der Waals surface area contributed by atoms with Crippen LogP contribution in [0, 0.1) is 0 Å². The fourth-order valence-electron chi connectivity index (χ4n) is 5.47. The van der Waals surface area contributed by atoms with Crippen molar-refractivity contribution in [3.8, 4) is 0 Å². The molecule has 2 aromatic carbocycles. The Hall–Kier alpha value is -3.15. The number of aryl methyl sites for hydroxylation is 3. The number of fused-ring (bicyclic) bond motifs is 2. The fourth-order valence-corrected chi connectivity index (χ4v) is 5.47. The lowest BCUT2D eigenvalue weighted by atomic mass is 9.87. The van der Waals surface area contributed by atoms with Crippen LogP contribution >= 0.6 is 0 Å². The highest BCUT2D eigenvalue weighted by atomic mass is 16.2. The second kappa shape index (κ2) is 7.76. The molecule has 0 aromatic heterocycles. The van der Waals surface area contributed by atoms with E-state index in [9.17, 15) is 14.4 Å². The molecule has 166 valence electrons. The monoisotopic (exact) mass is 431 g/mol. The maximum Gasteiger partial charge on any atom is 0.325 e. The molecule has 0 saturated carbocycles. The molecule has 1 saturated heterocycles. The summed E-state index contributed by atoms with van der Waals surface area (Å²) in [5, 5.41) is 2.84. The van der Waals surface area contributed by atoms with Crippen LogP contribution in [0.15, 0.2) is 42.5 Å². The highest BCUT2D eigenvalue weighted by Gasteiger charge is 2.50. The maximum atomic E-state index is 13.3. The third-order valence-electron chi connectivity index (χ3n) is 7.44. The Bertz CT molecular complexity index is 1110. The predicted molar refractivity (Wildman–Crippen MR) is 121 cm³/mol. The van der Waals surface area contributed by atoms with Gasteiger partial charge in [0, 0.05) is 7.05 Å². The number of carbonyl (C=O) groups excluding carboxylic acids is 3. The van der Waals surface area contributed by atoms with Crippen LogP contribution in [0.3, 0.4) is 0 Å². The number of rotatable bonds is 4. The zero-order chi connectivity index (χ0) is 22.5. The molecule has 0 unspecified atom stereocenters. The molecule has 4 amide bonds. The largest absolute Gasteiger partial charge is 0.337 e. The minimum absolute atomic E-state index is 0.0312. The van der Waals surface area contributed by atoms with Gasteiger partial charge in [0.1, 0.15) is 12.1 Å². The Morgan fingerprint density at radius 1 is 1.06 bits per heavy atom. The summed E-state index contributed by atoms with van der Waals surface area (Å²) >= 11 is 0. The van der Waals surface area contributed by atoms with E-state index in [4.69, 9.17) is 0 Å². The number of carbonyl (C=O) groups is 3. The third-order valence-corrected chi connectivity index (χ3v) is 7.44. The maximum absolute atomic E-state index is 13.3. The molecule has 5 rings (SSSR count). The van der Waals surface area contributed by atoms with Crippen molar-refractivity contribution in [1.82, 2.24) is 15.1 Å². The Kier molecular flexibility index (Phi) is 5.03. The van der Waals surface area contributed by atoms with Gasteiger partial charge >= 0.3 is 6.03 Å². The van der Waals surface area contributed by atoms with Gasteiger partial charge in [-0.15, -0.1) is 0 Å². The van der Waals surface area contributed by atoms with Gasteiger partial charge in [-0.25, -0.2) is 4.79 Å². The van der Waals surface area contributed by atoms with Gasteiger partial charge in [-0.1, -0.05) is 42.5 Å². The lowest BCUT2D eigenvalue weighted by molar-refractivity contribution is -0.139. The Balaban J connectivity index is 1.34. The zero-order valence-electron chi connectivity index (χ0n) is 18.7. The van der Waals surface area contributed by atoms with Crippen molar-refractivity contribution in [2.75, 3.05) is 13.6 Å². The quantitative estimate of drug-likeness (QED) is 0.754. The number of likely N-dealkylation sites (N-methyl/N-ethyl adjacent to an activating group) is 1. The van der Waals surface area contributed by atoms with Gasteiger partial charge in [-0.3, -0.25) is 14.5 Å². The first kappa shape index (κ1) is 20.7.